The van der Waals surface area contributed by atoms with Gasteiger partial charge in [0.15, 0.2) is 0 Å². The molecule has 0 aromatic heterocycles. The molecular formula is C8H17NO5. The molecule has 6 heteroatoms. The van der Waals surface area contributed by atoms with Crippen LogP contribution in [0.4, 0.5) is 0 Å². The van der Waals surface area contributed by atoms with E-state index in [-0.39, 0.29) is 19.8 Å². The largest absolute Gasteiger partial charge is 0.480 e. The minimum atomic E-state index is -1.08. The van der Waals surface area contributed by atoms with Crippen LogP contribution in [-0.4, -0.2) is 59.8 Å². The predicted molar refractivity (Wildman–Crippen MR) is 49.0 cm³/mol. The van der Waals surface area contributed by atoms with E-state index in [0.717, 1.165) is 0 Å². The SMILES string of the molecule is COCC(NC(C)(CO)CO)C(=O)O. The van der Waals surface area contributed by atoms with Gasteiger partial charge in [-0.15, -0.1) is 0 Å². The average Bonchev–Trinajstić information content (AvgIpc) is 2.17. The summed E-state index contributed by atoms with van der Waals surface area (Å²) in [7, 11) is 1.38. The van der Waals surface area contributed by atoms with Gasteiger partial charge in [0.2, 0.25) is 0 Å². The van der Waals surface area contributed by atoms with Crippen LogP contribution < -0.4 is 5.32 Å². The Labute approximate surface area is 82.5 Å². The van der Waals surface area contributed by atoms with Gasteiger partial charge >= 0.3 is 5.97 Å². The number of carbonyl (C=O) groups is 1. The van der Waals surface area contributed by atoms with Crippen LogP contribution >= 0.6 is 0 Å². The maximum Gasteiger partial charge on any atom is 0.323 e. The Kier molecular flexibility index (Phi) is 5.63. The van der Waals surface area contributed by atoms with Gasteiger partial charge in [-0.3, -0.25) is 10.1 Å². The molecule has 0 aliphatic heterocycles. The number of aliphatic carboxylic acids is 1. The van der Waals surface area contributed by atoms with Gasteiger partial charge in [0, 0.05) is 7.11 Å². The first kappa shape index (κ1) is 13.3. The molecule has 6 nitrogen and oxygen atoms in total. The number of carboxylic acid groups (broad SMARTS) is 1. The fourth-order valence-corrected chi connectivity index (χ4v) is 0.903. The molecule has 4 N–H and O–H groups in total. The third-order valence-electron chi connectivity index (χ3n) is 1.85. The van der Waals surface area contributed by atoms with E-state index in [9.17, 15) is 4.79 Å². The highest BCUT2D eigenvalue weighted by atomic mass is 16.5. The van der Waals surface area contributed by atoms with Crippen LogP contribution in [0.1, 0.15) is 6.92 Å². The predicted octanol–water partition coefficient (Wildman–Crippen LogP) is -1.58. The van der Waals surface area contributed by atoms with Crippen LogP contribution in [0.25, 0.3) is 0 Å². The topological polar surface area (TPSA) is 99.0 Å². The average molecular weight is 207 g/mol. The molecule has 0 rings (SSSR count). The molecule has 0 aromatic carbocycles. The Morgan fingerprint density at radius 1 is 1.50 bits per heavy atom. The Morgan fingerprint density at radius 3 is 2.29 bits per heavy atom. The molecule has 0 radical (unpaired) electrons. The van der Waals surface area contributed by atoms with Gasteiger partial charge in [-0.25, -0.2) is 0 Å². The normalized spacial score (nSPS) is 14.0. The van der Waals surface area contributed by atoms with Gasteiger partial charge in [0.05, 0.1) is 25.4 Å². The van der Waals surface area contributed by atoms with E-state index in [1.807, 2.05) is 0 Å². The monoisotopic (exact) mass is 207 g/mol. The van der Waals surface area contributed by atoms with Crippen molar-refractivity contribution in [2.45, 2.75) is 18.5 Å². The molecule has 0 aliphatic carbocycles. The Bertz CT molecular complexity index is 181. The summed E-state index contributed by atoms with van der Waals surface area (Å²) < 4.78 is 4.69. The first-order valence-corrected chi connectivity index (χ1v) is 4.20. The number of hydrogen-bond acceptors (Lipinski definition) is 5. The minimum Gasteiger partial charge on any atom is -0.480 e. The Balaban J connectivity index is 4.33. The second kappa shape index (κ2) is 5.92. The maximum atomic E-state index is 10.7. The molecule has 84 valence electrons. The lowest BCUT2D eigenvalue weighted by molar-refractivity contribution is -0.141. The molecule has 14 heavy (non-hydrogen) atoms. The molecule has 1 unspecified atom stereocenters. The van der Waals surface area contributed by atoms with Gasteiger partial charge in [-0.2, -0.15) is 0 Å². The zero-order valence-corrected chi connectivity index (χ0v) is 8.36. The lowest BCUT2D eigenvalue weighted by atomic mass is 10.0. The highest BCUT2D eigenvalue weighted by molar-refractivity contribution is 5.73. The maximum absolute atomic E-state index is 10.7. The highest BCUT2D eigenvalue weighted by Crippen LogP contribution is 2.03. The third kappa shape index (κ3) is 4.01. The standard InChI is InChI=1S/C8H17NO5/c1-8(4-10,5-11)9-6(3-14-2)7(12)13/h6,9-11H,3-5H2,1-2H3,(H,12,13). The molecule has 0 spiro atoms. The molecule has 0 fully saturated rings. The second-order valence-corrected chi connectivity index (χ2v) is 3.37. The summed E-state index contributed by atoms with van der Waals surface area (Å²) in [5.41, 5.74) is -1.01. The van der Waals surface area contributed by atoms with Crippen molar-refractivity contribution in [1.29, 1.82) is 0 Å². The molecule has 0 saturated heterocycles. The van der Waals surface area contributed by atoms with Crippen molar-refractivity contribution in [3.05, 3.63) is 0 Å². The van der Waals surface area contributed by atoms with Gasteiger partial charge in [0.25, 0.3) is 0 Å². The van der Waals surface area contributed by atoms with E-state index in [1.54, 1.807) is 0 Å². The lowest BCUT2D eigenvalue weighted by Crippen LogP contribution is -2.57. The Hall–Kier alpha value is -0.690. The van der Waals surface area contributed by atoms with E-state index in [0.29, 0.717) is 0 Å². The lowest BCUT2D eigenvalue weighted by Gasteiger charge is -2.29. The molecule has 0 saturated carbocycles. The molecule has 0 bridgehead atoms. The van der Waals surface area contributed by atoms with Crippen molar-refractivity contribution in [3.63, 3.8) is 0 Å². The fraction of sp³-hybridized carbons (Fsp3) is 0.875. The number of rotatable bonds is 7. The summed E-state index contributed by atoms with van der Waals surface area (Å²) in [5, 5.41) is 29.2. The van der Waals surface area contributed by atoms with Gasteiger partial charge in [-0.05, 0) is 6.92 Å². The van der Waals surface area contributed by atoms with Crippen molar-refractivity contribution in [2.24, 2.45) is 0 Å². The summed E-state index contributed by atoms with van der Waals surface area (Å²) in [6.45, 7) is 0.803. The van der Waals surface area contributed by atoms with Gasteiger partial charge in [0.1, 0.15) is 6.04 Å². The van der Waals surface area contributed by atoms with Crippen LogP contribution in [-0.2, 0) is 9.53 Å². The van der Waals surface area contributed by atoms with Crippen LogP contribution in [0.3, 0.4) is 0 Å². The molecule has 0 aromatic rings. The summed E-state index contributed by atoms with van der Waals surface area (Å²) in [5.74, 6) is -1.08. The summed E-state index contributed by atoms with van der Waals surface area (Å²) >= 11 is 0. The quantitative estimate of drug-likeness (QED) is 0.402. The van der Waals surface area contributed by atoms with E-state index < -0.39 is 17.6 Å². The van der Waals surface area contributed by atoms with Crippen molar-refractivity contribution in [1.82, 2.24) is 5.32 Å². The van der Waals surface area contributed by atoms with Crippen LogP contribution in [0.2, 0.25) is 0 Å². The molecule has 0 heterocycles. The number of nitrogens with one attached hydrogen (secondary N) is 1. The third-order valence-corrected chi connectivity index (χ3v) is 1.85. The number of carboxylic acids is 1. The smallest absolute Gasteiger partial charge is 0.323 e. The second-order valence-electron chi connectivity index (χ2n) is 3.37. The first-order valence-electron chi connectivity index (χ1n) is 4.20. The number of hydrogen-bond donors (Lipinski definition) is 4. The molecular weight excluding hydrogens is 190 g/mol. The van der Waals surface area contributed by atoms with Gasteiger partial charge < -0.3 is 20.1 Å². The minimum absolute atomic E-state index is 0.0229. The zero-order valence-electron chi connectivity index (χ0n) is 8.36. The summed E-state index contributed by atoms with van der Waals surface area (Å²) in [4.78, 5) is 10.7. The van der Waals surface area contributed by atoms with Crippen molar-refractivity contribution >= 4 is 5.97 Å². The zero-order chi connectivity index (χ0) is 11.2. The van der Waals surface area contributed by atoms with Gasteiger partial charge in [-0.1, -0.05) is 0 Å². The number of aliphatic hydroxyl groups is 2. The van der Waals surface area contributed by atoms with Crippen LogP contribution in [0, 0.1) is 0 Å². The first-order chi connectivity index (χ1) is 6.49. The van der Waals surface area contributed by atoms with Crippen LogP contribution in [0.15, 0.2) is 0 Å². The van der Waals surface area contributed by atoms with E-state index in [1.165, 1.54) is 14.0 Å². The number of ether oxygens (including phenoxy) is 1. The summed E-state index contributed by atoms with van der Waals surface area (Å²) in [6.07, 6.45) is 0. The molecule has 0 aliphatic rings. The molecule has 1 atom stereocenters. The van der Waals surface area contributed by atoms with E-state index in [4.69, 9.17) is 20.1 Å². The van der Waals surface area contributed by atoms with Crippen molar-refractivity contribution in [2.75, 3.05) is 26.9 Å². The van der Waals surface area contributed by atoms with Crippen LogP contribution in [0.5, 0.6) is 0 Å². The molecule has 0 amide bonds. The Morgan fingerprint density at radius 2 is 2.00 bits per heavy atom. The number of aliphatic hydroxyl groups excluding tert-OH is 2. The number of methoxy groups -OCH3 is 1. The van der Waals surface area contributed by atoms with E-state index in [2.05, 4.69) is 5.32 Å². The highest BCUT2D eigenvalue weighted by Gasteiger charge is 2.29. The summed E-state index contributed by atoms with van der Waals surface area (Å²) in [6, 6.07) is -0.940. The van der Waals surface area contributed by atoms with Crippen molar-refractivity contribution < 1.29 is 24.9 Å². The fourth-order valence-electron chi connectivity index (χ4n) is 0.903. The van der Waals surface area contributed by atoms with Crippen molar-refractivity contribution in [3.8, 4) is 0 Å². The van der Waals surface area contributed by atoms with E-state index >= 15 is 0 Å².